The molecule has 3 nitrogen and oxygen atoms in total. The van der Waals surface area contributed by atoms with Gasteiger partial charge in [0.2, 0.25) is 0 Å². The molecule has 1 aromatic rings. The van der Waals surface area contributed by atoms with E-state index in [0.29, 0.717) is 18.0 Å². The first kappa shape index (κ1) is 14.6. The molecule has 0 aliphatic heterocycles. The fourth-order valence-corrected chi connectivity index (χ4v) is 2.93. The largest absolute Gasteiger partial charge is 0.326 e. The highest BCUT2D eigenvalue weighted by molar-refractivity contribution is 5.94. The van der Waals surface area contributed by atoms with Crippen LogP contribution in [0.3, 0.4) is 0 Å². The van der Waals surface area contributed by atoms with Crippen LogP contribution in [0.25, 0.3) is 0 Å². The highest BCUT2D eigenvalue weighted by atomic mass is 16.2. The fourth-order valence-electron chi connectivity index (χ4n) is 2.93. The molecule has 0 atom stereocenters. The molecular formula is C17H22N2O. The molecule has 0 bridgehead atoms. The van der Waals surface area contributed by atoms with Crippen molar-refractivity contribution in [2.45, 2.75) is 44.9 Å². The Balaban J connectivity index is 2.07. The van der Waals surface area contributed by atoms with Crippen LogP contribution in [0.2, 0.25) is 0 Å². The van der Waals surface area contributed by atoms with Gasteiger partial charge >= 0.3 is 0 Å². The molecule has 0 aromatic heterocycles. The summed E-state index contributed by atoms with van der Waals surface area (Å²) in [6.07, 6.45) is 6.52. The van der Waals surface area contributed by atoms with E-state index in [1.807, 2.05) is 25.1 Å². The normalized spacial score (nSPS) is 15.6. The minimum absolute atomic E-state index is 0.0516. The van der Waals surface area contributed by atoms with Gasteiger partial charge < -0.3 is 4.90 Å². The third-order valence-electron chi connectivity index (χ3n) is 4.16. The molecule has 0 heterocycles. The maximum absolute atomic E-state index is 12.2. The Morgan fingerprint density at radius 2 is 1.90 bits per heavy atom. The van der Waals surface area contributed by atoms with Gasteiger partial charge in [0.05, 0.1) is 6.07 Å². The van der Waals surface area contributed by atoms with Gasteiger partial charge in [0.25, 0.3) is 5.91 Å². The molecule has 0 spiro atoms. The maximum Gasteiger partial charge on any atom is 0.254 e. The number of amides is 1. The van der Waals surface area contributed by atoms with Crippen molar-refractivity contribution >= 4 is 5.91 Å². The molecule has 20 heavy (non-hydrogen) atoms. The van der Waals surface area contributed by atoms with Gasteiger partial charge in [-0.3, -0.25) is 4.79 Å². The van der Waals surface area contributed by atoms with Crippen LogP contribution in [0.15, 0.2) is 24.3 Å². The molecule has 1 aromatic carbocycles. The van der Waals surface area contributed by atoms with Crippen LogP contribution in [0.1, 0.15) is 60.9 Å². The number of nitriles is 1. The van der Waals surface area contributed by atoms with E-state index < -0.39 is 0 Å². The quantitative estimate of drug-likeness (QED) is 0.783. The zero-order valence-corrected chi connectivity index (χ0v) is 12.1. The number of carbonyl (C=O) groups excluding carboxylic acids is 1. The van der Waals surface area contributed by atoms with Gasteiger partial charge in [0, 0.05) is 12.1 Å². The Bertz CT molecular complexity index is 481. The number of carbonyl (C=O) groups is 1. The van der Waals surface area contributed by atoms with Gasteiger partial charge in [-0.15, -0.1) is 0 Å². The summed E-state index contributed by atoms with van der Waals surface area (Å²) >= 11 is 0. The Kier molecular flexibility index (Phi) is 5.17. The zero-order valence-electron chi connectivity index (χ0n) is 12.1. The lowest BCUT2D eigenvalue weighted by Gasteiger charge is -2.22. The van der Waals surface area contributed by atoms with Gasteiger partial charge in [0.15, 0.2) is 0 Å². The lowest BCUT2D eigenvalue weighted by atomic mass is 9.84. The van der Waals surface area contributed by atoms with Crippen LogP contribution in [-0.2, 0) is 0 Å². The molecule has 1 aliphatic carbocycles. The van der Waals surface area contributed by atoms with Crippen molar-refractivity contribution in [3.8, 4) is 6.07 Å². The van der Waals surface area contributed by atoms with Crippen LogP contribution >= 0.6 is 0 Å². The summed E-state index contributed by atoms with van der Waals surface area (Å²) in [6.45, 7) is 2.61. The Morgan fingerprint density at radius 3 is 2.45 bits per heavy atom. The standard InChI is InChI=1S/C17H22N2O/c1-2-19(13-12-18)17(20)16-10-8-15(9-11-16)14-6-4-3-5-7-14/h8-11,14H,2-7,13H2,1H3. The van der Waals surface area contributed by atoms with Gasteiger partial charge in [-0.1, -0.05) is 31.4 Å². The summed E-state index contributed by atoms with van der Waals surface area (Å²) in [4.78, 5) is 13.8. The van der Waals surface area contributed by atoms with E-state index in [4.69, 9.17) is 5.26 Å². The topological polar surface area (TPSA) is 44.1 Å². The second kappa shape index (κ2) is 7.09. The molecule has 3 heteroatoms. The number of nitrogens with zero attached hydrogens (tertiary/aromatic N) is 2. The van der Waals surface area contributed by atoms with Crippen molar-refractivity contribution in [3.05, 3.63) is 35.4 Å². The SMILES string of the molecule is CCN(CC#N)C(=O)c1ccc(C2CCCCC2)cc1. The summed E-state index contributed by atoms with van der Waals surface area (Å²) in [5.41, 5.74) is 2.03. The van der Waals surface area contributed by atoms with Gasteiger partial charge in [0.1, 0.15) is 6.54 Å². The number of rotatable bonds is 4. The maximum atomic E-state index is 12.2. The monoisotopic (exact) mass is 270 g/mol. The first-order chi connectivity index (χ1) is 9.76. The van der Waals surface area contributed by atoms with Crippen molar-refractivity contribution in [2.24, 2.45) is 0 Å². The number of hydrogen-bond acceptors (Lipinski definition) is 2. The molecular weight excluding hydrogens is 248 g/mol. The van der Waals surface area contributed by atoms with E-state index >= 15 is 0 Å². The average molecular weight is 270 g/mol. The van der Waals surface area contributed by atoms with E-state index in [1.54, 1.807) is 4.90 Å². The van der Waals surface area contributed by atoms with Crippen LogP contribution in [0.4, 0.5) is 0 Å². The van der Waals surface area contributed by atoms with E-state index in [-0.39, 0.29) is 12.5 Å². The third-order valence-corrected chi connectivity index (χ3v) is 4.16. The molecule has 0 radical (unpaired) electrons. The van der Waals surface area contributed by atoms with E-state index in [2.05, 4.69) is 12.1 Å². The average Bonchev–Trinajstić information content (AvgIpc) is 2.53. The highest BCUT2D eigenvalue weighted by Gasteiger charge is 2.17. The zero-order chi connectivity index (χ0) is 14.4. The molecule has 1 aliphatic rings. The van der Waals surface area contributed by atoms with Crippen molar-refractivity contribution in [3.63, 3.8) is 0 Å². The lowest BCUT2D eigenvalue weighted by Crippen LogP contribution is -2.31. The van der Waals surface area contributed by atoms with Crippen LogP contribution in [-0.4, -0.2) is 23.9 Å². The second-order valence-electron chi connectivity index (χ2n) is 5.43. The summed E-state index contributed by atoms with van der Waals surface area (Å²) < 4.78 is 0. The number of benzene rings is 1. The van der Waals surface area contributed by atoms with Gasteiger partial charge in [-0.25, -0.2) is 0 Å². The van der Waals surface area contributed by atoms with Crippen molar-refractivity contribution in [2.75, 3.05) is 13.1 Å². The molecule has 1 saturated carbocycles. The molecule has 0 unspecified atom stereocenters. The molecule has 2 rings (SSSR count). The minimum Gasteiger partial charge on any atom is -0.326 e. The van der Waals surface area contributed by atoms with Crippen molar-refractivity contribution in [1.29, 1.82) is 5.26 Å². The Hall–Kier alpha value is -1.82. The van der Waals surface area contributed by atoms with Crippen LogP contribution in [0, 0.1) is 11.3 Å². The van der Waals surface area contributed by atoms with E-state index in [1.165, 1.54) is 37.7 Å². The van der Waals surface area contributed by atoms with E-state index in [9.17, 15) is 4.79 Å². The molecule has 1 amide bonds. The molecule has 1 fully saturated rings. The van der Waals surface area contributed by atoms with Gasteiger partial charge in [-0.2, -0.15) is 5.26 Å². The number of hydrogen-bond donors (Lipinski definition) is 0. The highest BCUT2D eigenvalue weighted by Crippen LogP contribution is 2.32. The smallest absolute Gasteiger partial charge is 0.254 e. The fraction of sp³-hybridized carbons (Fsp3) is 0.529. The van der Waals surface area contributed by atoms with Crippen LogP contribution < -0.4 is 0 Å². The summed E-state index contributed by atoms with van der Waals surface area (Å²) in [5.74, 6) is 0.610. The predicted molar refractivity (Wildman–Crippen MR) is 79.5 cm³/mol. The summed E-state index contributed by atoms with van der Waals surface area (Å²) in [5, 5.41) is 8.73. The lowest BCUT2D eigenvalue weighted by molar-refractivity contribution is 0.0784. The second-order valence-corrected chi connectivity index (χ2v) is 5.43. The third kappa shape index (κ3) is 3.39. The minimum atomic E-state index is -0.0516. The first-order valence-corrected chi connectivity index (χ1v) is 7.52. The van der Waals surface area contributed by atoms with Crippen LogP contribution in [0.5, 0.6) is 0 Å². The molecule has 106 valence electrons. The Morgan fingerprint density at radius 1 is 1.25 bits per heavy atom. The van der Waals surface area contributed by atoms with Gasteiger partial charge in [-0.05, 0) is 43.4 Å². The predicted octanol–water partition coefficient (Wildman–Crippen LogP) is 3.72. The van der Waals surface area contributed by atoms with E-state index in [0.717, 1.165) is 0 Å². The molecule has 0 N–H and O–H groups in total. The first-order valence-electron chi connectivity index (χ1n) is 7.52. The summed E-state index contributed by atoms with van der Waals surface area (Å²) in [6, 6.07) is 10.0. The van der Waals surface area contributed by atoms with Crippen molar-refractivity contribution < 1.29 is 4.79 Å². The molecule has 0 saturated heterocycles. The summed E-state index contributed by atoms with van der Waals surface area (Å²) in [7, 11) is 0. The Labute approximate surface area is 121 Å². The van der Waals surface area contributed by atoms with Crippen molar-refractivity contribution in [1.82, 2.24) is 4.90 Å².